The third-order valence-electron chi connectivity index (χ3n) is 2.88. The lowest BCUT2D eigenvalue weighted by Crippen LogP contribution is -2.01. The van der Waals surface area contributed by atoms with Crippen molar-refractivity contribution in [3.63, 3.8) is 0 Å². The molecule has 0 saturated heterocycles. The Morgan fingerprint density at radius 2 is 2.05 bits per heavy atom. The van der Waals surface area contributed by atoms with Crippen LogP contribution in [0.3, 0.4) is 0 Å². The SMILES string of the molecule is COCc1cccc(-c2nc(Cl)c(Br)c(C(C)C)n2)c1. The van der Waals surface area contributed by atoms with Crippen molar-refractivity contribution in [2.75, 3.05) is 7.11 Å². The first kappa shape index (κ1) is 15.4. The lowest BCUT2D eigenvalue weighted by atomic mass is 10.1. The van der Waals surface area contributed by atoms with Gasteiger partial charge in [0.1, 0.15) is 5.15 Å². The van der Waals surface area contributed by atoms with Crippen LogP contribution in [0.15, 0.2) is 28.7 Å². The Morgan fingerprint density at radius 1 is 1.30 bits per heavy atom. The molecule has 0 radical (unpaired) electrons. The van der Waals surface area contributed by atoms with Crippen LogP contribution in [0.2, 0.25) is 5.15 Å². The summed E-state index contributed by atoms with van der Waals surface area (Å²) in [6, 6.07) is 7.98. The summed E-state index contributed by atoms with van der Waals surface area (Å²) in [5.74, 6) is 0.908. The van der Waals surface area contributed by atoms with E-state index in [0.717, 1.165) is 21.3 Å². The number of ether oxygens (including phenoxy) is 1. The van der Waals surface area contributed by atoms with E-state index in [2.05, 4.69) is 39.7 Å². The molecule has 0 aliphatic rings. The van der Waals surface area contributed by atoms with Gasteiger partial charge in [0.25, 0.3) is 0 Å². The van der Waals surface area contributed by atoms with Gasteiger partial charge in [-0.05, 0) is 33.5 Å². The van der Waals surface area contributed by atoms with Crippen LogP contribution in [0, 0.1) is 0 Å². The minimum Gasteiger partial charge on any atom is -0.380 e. The number of aromatic nitrogens is 2. The van der Waals surface area contributed by atoms with Gasteiger partial charge in [0.15, 0.2) is 5.82 Å². The van der Waals surface area contributed by atoms with Gasteiger partial charge < -0.3 is 4.74 Å². The Kier molecular flexibility index (Phi) is 5.13. The normalized spacial score (nSPS) is 11.1. The van der Waals surface area contributed by atoms with Gasteiger partial charge in [-0.1, -0.05) is 43.6 Å². The molecule has 0 aliphatic heterocycles. The molecule has 1 aromatic carbocycles. The predicted octanol–water partition coefficient (Wildman–Crippen LogP) is 4.83. The van der Waals surface area contributed by atoms with Crippen LogP contribution in [0.25, 0.3) is 11.4 Å². The van der Waals surface area contributed by atoms with Crippen LogP contribution in [-0.2, 0) is 11.3 Å². The summed E-state index contributed by atoms with van der Waals surface area (Å²) in [7, 11) is 1.68. The van der Waals surface area contributed by atoms with Gasteiger partial charge in [0.05, 0.1) is 16.8 Å². The average Bonchev–Trinajstić information content (AvgIpc) is 2.42. The summed E-state index contributed by atoms with van der Waals surface area (Å²) in [5.41, 5.74) is 2.94. The van der Waals surface area contributed by atoms with E-state index in [0.29, 0.717) is 17.6 Å². The Morgan fingerprint density at radius 3 is 2.70 bits per heavy atom. The fourth-order valence-corrected chi connectivity index (χ4v) is 2.73. The van der Waals surface area contributed by atoms with Gasteiger partial charge in [-0.2, -0.15) is 0 Å². The minimum absolute atomic E-state index is 0.269. The highest BCUT2D eigenvalue weighted by Gasteiger charge is 2.14. The van der Waals surface area contributed by atoms with Gasteiger partial charge in [0.2, 0.25) is 0 Å². The maximum atomic E-state index is 6.19. The molecule has 0 bridgehead atoms. The Bertz CT molecular complexity index is 617. The van der Waals surface area contributed by atoms with E-state index in [1.165, 1.54) is 0 Å². The summed E-state index contributed by atoms with van der Waals surface area (Å²) in [6.07, 6.45) is 0. The first-order chi connectivity index (χ1) is 9.52. The summed E-state index contributed by atoms with van der Waals surface area (Å²) in [4.78, 5) is 8.97. The van der Waals surface area contributed by atoms with E-state index in [1.807, 2.05) is 24.3 Å². The zero-order valence-corrected chi connectivity index (χ0v) is 14.0. The highest BCUT2D eigenvalue weighted by molar-refractivity contribution is 9.10. The molecular weight excluding hydrogens is 340 g/mol. The maximum absolute atomic E-state index is 6.19. The van der Waals surface area contributed by atoms with Crippen LogP contribution in [-0.4, -0.2) is 17.1 Å². The van der Waals surface area contributed by atoms with Crippen molar-refractivity contribution >= 4 is 27.5 Å². The summed E-state index contributed by atoms with van der Waals surface area (Å²) in [6.45, 7) is 4.72. The van der Waals surface area contributed by atoms with E-state index < -0.39 is 0 Å². The largest absolute Gasteiger partial charge is 0.380 e. The molecule has 2 aromatic rings. The third-order valence-corrected chi connectivity index (χ3v) is 4.16. The molecule has 2 rings (SSSR count). The topological polar surface area (TPSA) is 35.0 Å². The van der Waals surface area contributed by atoms with Crippen molar-refractivity contribution < 1.29 is 4.74 Å². The Labute approximate surface area is 132 Å². The van der Waals surface area contributed by atoms with Gasteiger partial charge in [-0.3, -0.25) is 0 Å². The molecule has 1 heterocycles. The third kappa shape index (κ3) is 3.37. The van der Waals surface area contributed by atoms with Crippen molar-refractivity contribution in [2.24, 2.45) is 0 Å². The molecule has 0 atom stereocenters. The number of hydrogen-bond acceptors (Lipinski definition) is 3. The quantitative estimate of drug-likeness (QED) is 0.737. The zero-order valence-electron chi connectivity index (χ0n) is 11.7. The number of methoxy groups -OCH3 is 1. The fraction of sp³-hybridized carbons (Fsp3) is 0.333. The van der Waals surface area contributed by atoms with Crippen LogP contribution < -0.4 is 0 Å². The van der Waals surface area contributed by atoms with E-state index in [9.17, 15) is 0 Å². The number of halogens is 2. The number of hydrogen-bond donors (Lipinski definition) is 0. The molecule has 0 N–H and O–H groups in total. The first-order valence-corrected chi connectivity index (χ1v) is 7.51. The molecule has 0 fully saturated rings. The zero-order chi connectivity index (χ0) is 14.7. The highest BCUT2D eigenvalue weighted by atomic mass is 79.9. The smallest absolute Gasteiger partial charge is 0.161 e. The maximum Gasteiger partial charge on any atom is 0.161 e. The minimum atomic E-state index is 0.269. The van der Waals surface area contributed by atoms with Gasteiger partial charge in [-0.15, -0.1) is 0 Å². The summed E-state index contributed by atoms with van der Waals surface area (Å²) < 4.78 is 5.92. The summed E-state index contributed by atoms with van der Waals surface area (Å²) >= 11 is 9.64. The lowest BCUT2D eigenvalue weighted by molar-refractivity contribution is 0.185. The molecule has 20 heavy (non-hydrogen) atoms. The second-order valence-electron chi connectivity index (χ2n) is 4.83. The first-order valence-electron chi connectivity index (χ1n) is 6.34. The molecule has 0 unspecified atom stereocenters. The second kappa shape index (κ2) is 6.66. The molecule has 5 heteroatoms. The molecule has 106 valence electrons. The highest BCUT2D eigenvalue weighted by Crippen LogP contribution is 2.31. The molecule has 0 spiro atoms. The van der Waals surface area contributed by atoms with Crippen molar-refractivity contribution in [3.8, 4) is 11.4 Å². The fourth-order valence-electron chi connectivity index (χ4n) is 1.91. The predicted molar refractivity (Wildman–Crippen MR) is 85.0 cm³/mol. The molecule has 0 amide bonds. The molecule has 0 aliphatic carbocycles. The Hall–Kier alpha value is -0.970. The van der Waals surface area contributed by atoms with Gasteiger partial charge >= 0.3 is 0 Å². The van der Waals surface area contributed by atoms with E-state index in [-0.39, 0.29) is 5.92 Å². The van der Waals surface area contributed by atoms with Crippen LogP contribution >= 0.6 is 27.5 Å². The number of benzene rings is 1. The Balaban J connectivity index is 2.50. The summed E-state index contributed by atoms with van der Waals surface area (Å²) in [5, 5.41) is 0.441. The molecule has 3 nitrogen and oxygen atoms in total. The van der Waals surface area contributed by atoms with Crippen LogP contribution in [0.1, 0.15) is 31.0 Å². The van der Waals surface area contributed by atoms with Crippen LogP contribution in [0.4, 0.5) is 0 Å². The van der Waals surface area contributed by atoms with Crippen molar-refractivity contribution in [1.82, 2.24) is 9.97 Å². The molecule has 1 aromatic heterocycles. The van der Waals surface area contributed by atoms with Crippen LogP contribution in [0.5, 0.6) is 0 Å². The lowest BCUT2D eigenvalue weighted by Gasteiger charge is -2.11. The molecule has 0 saturated carbocycles. The number of nitrogens with zero attached hydrogens (tertiary/aromatic N) is 2. The van der Waals surface area contributed by atoms with Gasteiger partial charge in [0, 0.05) is 12.7 Å². The second-order valence-corrected chi connectivity index (χ2v) is 5.98. The van der Waals surface area contributed by atoms with Crippen molar-refractivity contribution in [3.05, 3.63) is 45.1 Å². The standard InChI is InChI=1S/C15H16BrClN2O/c1-9(2)13-12(16)14(17)19-15(18-13)11-6-4-5-10(7-11)8-20-3/h4-7,9H,8H2,1-3H3. The molecular formula is C15H16BrClN2O. The average molecular weight is 356 g/mol. The van der Waals surface area contributed by atoms with Crippen molar-refractivity contribution in [1.29, 1.82) is 0 Å². The van der Waals surface area contributed by atoms with E-state index in [4.69, 9.17) is 16.3 Å². The van der Waals surface area contributed by atoms with Crippen molar-refractivity contribution in [2.45, 2.75) is 26.4 Å². The van der Waals surface area contributed by atoms with Gasteiger partial charge in [-0.25, -0.2) is 9.97 Å². The number of rotatable bonds is 4. The van der Waals surface area contributed by atoms with E-state index >= 15 is 0 Å². The van der Waals surface area contributed by atoms with E-state index in [1.54, 1.807) is 7.11 Å². The monoisotopic (exact) mass is 354 g/mol.